The molecule has 0 radical (unpaired) electrons. The summed E-state index contributed by atoms with van der Waals surface area (Å²) in [6.07, 6.45) is 3.77. The summed E-state index contributed by atoms with van der Waals surface area (Å²) in [5.41, 5.74) is 0. The van der Waals surface area contributed by atoms with E-state index in [0.29, 0.717) is 0 Å². The highest BCUT2D eigenvalue weighted by atomic mass is 16.5. The summed E-state index contributed by atoms with van der Waals surface area (Å²) in [7, 11) is 0. The average Bonchev–Trinajstić information content (AvgIpc) is 2.34. The van der Waals surface area contributed by atoms with E-state index in [4.69, 9.17) is 4.74 Å². The molecule has 2 nitrogen and oxygen atoms in total. The SMILES string of the molecule is C=CCCC1=NCCO1. The smallest absolute Gasteiger partial charge is 0.183 e. The summed E-state index contributed by atoms with van der Waals surface area (Å²) in [6, 6.07) is 0. The highest BCUT2D eigenvalue weighted by Crippen LogP contribution is 2.01. The Bertz CT molecular complexity index is 129. The third-order valence-corrected chi connectivity index (χ3v) is 1.21. The molecule has 50 valence electrons. The van der Waals surface area contributed by atoms with E-state index in [1.807, 2.05) is 6.08 Å². The second kappa shape index (κ2) is 3.28. The number of nitrogens with zero attached hydrogens (tertiary/aromatic N) is 1. The quantitative estimate of drug-likeness (QED) is 0.522. The Morgan fingerprint density at radius 3 is 3.22 bits per heavy atom. The van der Waals surface area contributed by atoms with Crippen LogP contribution in [0.4, 0.5) is 0 Å². The first-order valence-electron chi connectivity index (χ1n) is 3.20. The fourth-order valence-corrected chi connectivity index (χ4v) is 0.756. The molecule has 0 N–H and O–H groups in total. The van der Waals surface area contributed by atoms with Crippen LogP contribution in [0.15, 0.2) is 17.6 Å². The molecule has 0 aromatic carbocycles. The molecular weight excluding hydrogens is 114 g/mol. The van der Waals surface area contributed by atoms with Crippen molar-refractivity contribution in [2.24, 2.45) is 4.99 Å². The van der Waals surface area contributed by atoms with Gasteiger partial charge in [-0.05, 0) is 6.42 Å². The number of ether oxygens (including phenoxy) is 1. The lowest BCUT2D eigenvalue weighted by Gasteiger charge is -1.95. The number of hydrogen-bond donors (Lipinski definition) is 0. The first-order chi connectivity index (χ1) is 4.43. The minimum absolute atomic E-state index is 0.770. The molecule has 2 heteroatoms. The summed E-state index contributed by atoms with van der Waals surface area (Å²) < 4.78 is 5.16. The summed E-state index contributed by atoms with van der Waals surface area (Å²) >= 11 is 0. The van der Waals surface area contributed by atoms with Gasteiger partial charge in [0.2, 0.25) is 0 Å². The van der Waals surface area contributed by atoms with Crippen molar-refractivity contribution in [3.63, 3.8) is 0 Å². The Morgan fingerprint density at radius 1 is 1.78 bits per heavy atom. The summed E-state index contributed by atoms with van der Waals surface area (Å²) in [5, 5.41) is 0. The first-order valence-corrected chi connectivity index (χ1v) is 3.20. The molecule has 0 saturated carbocycles. The molecule has 0 fully saturated rings. The predicted octanol–water partition coefficient (Wildman–Crippen LogP) is 1.38. The van der Waals surface area contributed by atoms with Crippen LogP contribution in [-0.4, -0.2) is 19.0 Å². The number of rotatable bonds is 3. The first kappa shape index (κ1) is 6.33. The van der Waals surface area contributed by atoms with Crippen molar-refractivity contribution in [2.75, 3.05) is 13.2 Å². The molecule has 1 heterocycles. The highest BCUT2D eigenvalue weighted by Gasteiger charge is 2.03. The fraction of sp³-hybridized carbons (Fsp3) is 0.571. The van der Waals surface area contributed by atoms with E-state index in [9.17, 15) is 0 Å². The van der Waals surface area contributed by atoms with Crippen LogP contribution >= 0.6 is 0 Å². The Kier molecular flexibility index (Phi) is 2.31. The second-order valence-electron chi connectivity index (χ2n) is 1.95. The Balaban J connectivity index is 2.18. The maximum Gasteiger partial charge on any atom is 0.183 e. The van der Waals surface area contributed by atoms with E-state index in [1.54, 1.807) is 0 Å². The standard InChI is InChI=1S/C7H11NO/c1-2-3-4-7-8-5-6-9-7/h2H,1,3-6H2. The molecule has 0 aromatic heterocycles. The maximum atomic E-state index is 5.16. The molecule has 0 saturated heterocycles. The van der Waals surface area contributed by atoms with E-state index in [2.05, 4.69) is 11.6 Å². The van der Waals surface area contributed by atoms with Gasteiger partial charge in [0.05, 0.1) is 6.54 Å². The highest BCUT2D eigenvalue weighted by molar-refractivity contribution is 5.77. The van der Waals surface area contributed by atoms with Crippen LogP contribution in [0.25, 0.3) is 0 Å². The lowest BCUT2D eigenvalue weighted by Crippen LogP contribution is -1.96. The van der Waals surface area contributed by atoms with E-state index < -0.39 is 0 Å². The van der Waals surface area contributed by atoms with Crippen molar-refractivity contribution < 1.29 is 4.74 Å². The monoisotopic (exact) mass is 125 g/mol. The van der Waals surface area contributed by atoms with E-state index in [0.717, 1.165) is 31.9 Å². The van der Waals surface area contributed by atoms with Gasteiger partial charge < -0.3 is 4.74 Å². The van der Waals surface area contributed by atoms with Gasteiger partial charge in [0.25, 0.3) is 0 Å². The zero-order chi connectivity index (χ0) is 6.53. The van der Waals surface area contributed by atoms with Crippen LogP contribution in [0, 0.1) is 0 Å². The third kappa shape index (κ3) is 1.88. The van der Waals surface area contributed by atoms with Crippen LogP contribution in [-0.2, 0) is 4.74 Å². The van der Waals surface area contributed by atoms with Crippen molar-refractivity contribution in [3.8, 4) is 0 Å². The van der Waals surface area contributed by atoms with Crippen LogP contribution in [0.5, 0.6) is 0 Å². The van der Waals surface area contributed by atoms with Gasteiger partial charge in [-0.25, -0.2) is 0 Å². The lowest BCUT2D eigenvalue weighted by molar-refractivity contribution is 0.338. The normalized spacial score (nSPS) is 16.7. The molecule has 1 rings (SSSR count). The van der Waals surface area contributed by atoms with Crippen molar-refractivity contribution in [1.82, 2.24) is 0 Å². The van der Waals surface area contributed by atoms with Gasteiger partial charge in [0, 0.05) is 6.42 Å². The van der Waals surface area contributed by atoms with Crippen molar-refractivity contribution >= 4 is 5.90 Å². The Labute approximate surface area is 55.2 Å². The largest absolute Gasteiger partial charge is 0.479 e. The number of hydrogen-bond acceptors (Lipinski definition) is 2. The van der Waals surface area contributed by atoms with Crippen molar-refractivity contribution in [3.05, 3.63) is 12.7 Å². The van der Waals surface area contributed by atoms with Gasteiger partial charge in [0.15, 0.2) is 5.90 Å². The second-order valence-corrected chi connectivity index (χ2v) is 1.95. The predicted molar refractivity (Wildman–Crippen MR) is 37.7 cm³/mol. The van der Waals surface area contributed by atoms with Gasteiger partial charge >= 0.3 is 0 Å². The van der Waals surface area contributed by atoms with Crippen molar-refractivity contribution in [1.29, 1.82) is 0 Å². The molecule has 0 atom stereocenters. The average molecular weight is 125 g/mol. The maximum absolute atomic E-state index is 5.16. The van der Waals surface area contributed by atoms with E-state index in [-0.39, 0.29) is 0 Å². The lowest BCUT2D eigenvalue weighted by atomic mass is 10.3. The van der Waals surface area contributed by atoms with Gasteiger partial charge in [-0.15, -0.1) is 6.58 Å². The van der Waals surface area contributed by atoms with E-state index in [1.165, 1.54) is 0 Å². The Hall–Kier alpha value is -0.790. The molecule has 0 aliphatic carbocycles. The van der Waals surface area contributed by atoms with E-state index >= 15 is 0 Å². The summed E-state index contributed by atoms with van der Waals surface area (Å²) in [5.74, 6) is 0.898. The zero-order valence-electron chi connectivity index (χ0n) is 5.47. The molecule has 9 heavy (non-hydrogen) atoms. The van der Waals surface area contributed by atoms with Gasteiger partial charge in [0.1, 0.15) is 6.61 Å². The minimum atomic E-state index is 0.770. The fourth-order valence-electron chi connectivity index (χ4n) is 0.756. The van der Waals surface area contributed by atoms with Crippen LogP contribution in [0.3, 0.4) is 0 Å². The third-order valence-electron chi connectivity index (χ3n) is 1.21. The minimum Gasteiger partial charge on any atom is -0.479 e. The van der Waals surface area contributed by atoms with Crippen LogP contribution in [0.2, 0.25) is 0 Å². The van der Waals surface area contributed by atoms with Crippen LogP contribution < -0.4 is 0 Å². The molecule has 0 unspecified atom stereocenters. The zero-order valence-corrected chi connectivity index (χ0v) is 5.47. The molecule has 0 aromatic rings. The topological polar surface area (TPSA) is 21.6 Å². The summed E-state index contributed by atoms with van der Waals surface area (Å²) in [6.45, 7) is 5.22. The van der Waals surface area contributed by atoms with Crippen molar-refractivity contribution in [2.45, 2.75) is 12.8 Å². The molecule has 0 bridgehead atoms. The molecule has 0 spiro atoms. The number of aliphatic imine (C=N–C) groups is 1. The summed E-state index contributed by atoms with van der Waals surface area (Å²) in [4.78, 5) is 4.12. The van der Waals surface area contributed by atoms with Gasteiger partial charge in [-0.3, -0.25) is 4.99 Å². The number of allylic oxidation sites excluding steroid dienone is 1. The molecular formula is C7H11NO. The molecule has 0 amide bonds. The van der Waals surface area contributed by atoms with Gasteiger partial charge in [-0.1, -0.05) is 6.08 Å². The molecule has 1 aliphatic rings. The van der Waals surface area contributed by atoms with Gasteiger partial charge in [-0.2, -0.15) is 0 Å². The Morgan fingerprint density at radius 2 is 2.67 bits per heavy atom. The van der Waals surface area contributed by atoms with Crippen LogP contribution in [0.1, 0.15) is 12.8 Å². The molecule has 1 aliphatic heterocycles.